The summed E-state index contributed by atoms with van der Waals surface area (Å²) in [4.78, 5) is 0. The molecule has 0 atom stereocenters. The van der Waals surface area contributed by atoms with Gasteiger partial charge < -0.3 is 4.74 Å². The maximum Gasteiger partial charge on any atom is 0.253 e. The first-order valence-electron chi connectivity index (χ1n) is 5.22. The Kier molecular flexibility index (Phi) is 2.39. The fourth-order valence-corrected chi connectivity index (χ4v) is 2.06. The van der Waals surface area contributed by atoms with Gasteiger partial charge in [-0.2, -0.15) is 0 Å². The van der Waals surface area contributed by atoms with Gasteiger partial charge in [-0.3, -0.25) is 0 Å². The third-order valence-corrected chi connectivity index (χ3v) is 3.03. The van der Waals surface area contributed by atoms with E-state index in [1.54, 1.807) is 7.11 Å². The lowest BCUT2D eigenvalue weighted by Crippen LogP contribution is -2.30. The largest absolute Gasteiger partial charge is 0.497 e. The number of aryl methyl sites for hydroxylation is 2. The average molecular weight is 205 g/mol. The zero-order valence-electron chi connectivity index (χ0n) is 9.74. The van der Waals surface area contributed by atoms with Crippen molar-refractivity contribution in [3.05, 3.63) is 24.0 Å². The van der Waals surface area contributed by atoms with E-state index in [4.69, 9.17) is 4.74 Å². The van der Waals surface area contributed by atoms with Gasteiger partial charge in [0.1, 0.15) is 5.75 Å². The van der Waals surface area contributed by atoms with Gasteiger partial charge in [0.25, 0.3) is 5.82 Å². The highest BCUT2D eigenvalue weighted by Crippen LogP contribution is 2.20. The minimum absolute atomic E-state index is 0.912. The van der Waals surface area contributed by atoms with E-state index in [1.165, 1.54) is 16.9 Å². The molecule has 0 bridgehead atoms. The summed E-state index contributed by atoms with van der Waals surface area (Å²) in [5.74, 6) is 2.18. The van der Waals surface area contributed by atoms with E-state index >= 15 is 0 Å². The molecule has 0 amide bonds. The Labute approximate surface area is 89.9 Å². The maximum atomic E-state index is 5.25. The van der Waals surface area contributed by atoms with Crippen LogP contribution >= 0.6 is 0 Å². The standard InChI is InChI=1S/C12H17N2O/c1-5-14-9(2)13(3)11-7-6-10(15-4)8-12(11)14/h6-8H,5H2,1-4H3/q+1. The van der Waals surface area contributed by atoms with Crippen LogP contribution in [-0.2, 0) is 13.6 Å². The van der Waals surface area contributed by atoms with Gasteiger partial charge in [-0.25, -0.2) is 9.13 Å². The van der Waals surface area contributed by atoms with Crippen molar-refractivity contribution in [2.75, 3.05) is 7.11 Å². The van der Waals surface area contributed by atoms with Crippen molar-refractivity contribution in [2.24, 2.45) is 7.05 Å². The number of rotatable bonds is 2. The van der Waals surface area contributed by atoms with E-state index in [0.29, 0.717) is 0 Å². The Hall–Kier alpha value is -1.51. The minimum Gasteiger partial charge on any atom is -0.497 e. The van der Waals surface area contributed by atoms with Gasteiger partial charge in [0.15, 0.2) is 11.0 Å². The summed E-state index contributed by atoms with van der Waals surface area (Å²) in [6, 6.07) is 6.20. The number of methoxy groups -OCH3 is 1. The smallest absolute Gasteiger partial charge is 0.253 e. The topological polar surface area (TPSA) is 18.0 Å². The summed E-state index contributed by atoms with van der Waals surface area (Å²) < 4.78 is 9.74. The molecule has 1 heterocycles. The molecule has 0 fully saturated rings. The Morgan fingerprint density at radius 3 is 2.73 bits per heavy atom. The van der Waals surface area contributed by atoms with Gasteiger partial charge in [0.05, 0.1) is 20.7 Å². The van der Waals surface area contributed by atoms with Crippen LogP contribution in [-0.4, -0.2) is 11.7 Å². The van der Waals surface area contributed by atoms with E-state index < -0.39 is 0 Å². The van der Waals surface area contributed by atoms with Crippen LogP contribution in [0.15, 0.2) is 18.2 Å². The van der Waals surface area contributed by atoms with Crippen LogP contribution in [0.4, 0.5) is 0 Å². The predicted molar refractivity (Wildman–Crippen MR) is 60.1 cm³/mol. The first kappa shape index (κ1) is 10.0. The van der Waals surface area contributed by atoms with Gasteiger partial charge in [0.2, 0.25) is 0 Å². The average Bonchev–Trinajstić information content (AvgIpc) is 2.51. The van der Waals surface area contributed by atoms with E-state index in [1.807, 2.05) is 6.07 Å². The molecule has 2 rings (SSSR count). The molecule has 15 heavy (non-hydrogen) atoms. The summed E-state index contributed by atoms with van der Waals surface area (Å²) in [5, 5.41) is 0. The number of imidazole rings is 1. The van der Waals surface area contributed by atoms with Gasteiger partial charge in [-0.15, -0.1) is 0 Å². The lowest BCUT2D eigenvalue weighted by Gasteiger charge is -1.98. The summed E-state index contributed by atoms with van der Waals surface area (Å²) in [6.45, 7) is 5.28. The molecule has 0 spiro atoms. The second-order valence-electron chi connectivity index (χ2n) is 3.71. The minimum atomic E-state index is 0.912. The van der Waals surface area contributed by atoms with Crippen molar-refractivity contribution in [3.63, 3.8) is 0 Å². The SMILES string of the molecule is CCn1c(C)[n+](C)c2ccc(OC)cc21. The number of aromatic nitrogens is 2. The number of hydrogen-bond acceptors (Lipinski definition) is 1. The van der Waals surface area contributed by atoms with Crippen molar-refractivity contribution >= 4 is 11.0 Å². The molecule has 0 N–H and O–H groups in total. The molecular formula is C12H17N2O+. The fourth-order valence-electron chi connectivity index (χ4n) is 2.06. The van der Waals surface area contributed by atoms with E-state index in [-0.39, 0.29) is 0 Å². The van der Waals surface area contributed by atoms with Crippen molar-refractivity contribution in [2.45, 2.75) is 20.4 Å². The predicted octanol–water partition coefficient (Wildman–Crippen LogP) is 1.80. The van der Waals surface area contributed by atoms with Gasteiger partial charge >= 0.3 is 0 Å². The lowest BCUT2D eigenvalue weighted by molar-refractivity contribution is -0.652. The summed E-state index contributed by atoms with van der Waals surface area (Å²) in [5.41, 5.74) is 2.48. The Bertz CT molecular complexity index is 500. The number of nitrogens with zero attached hydrogens (tertiary/aromatic N) is 2. The Balaban J connectivity index is 2.80. The molecule has 0 aliphatic rings. The first-order chi connectivity index (χ1) is 7.19. The molecule has 0 aliphatic heterocycles. The zero-order valence-corrected chi connectivity index (χ0v) is 9.74. The molecule has 0 aliphatic carbocycles. The highest BCUT2D eigenvalue weighted by molar-refractivity contribution is 5.74. The van der Waals surface area contributed by atoms with Gasteiger partial charge in [0, 0.05) is 13.0 Å². The second kappa shape index (κ2) is 3.57. The van der Waals surface area contributed by atoms with Gasteiger partial charge in [-0.1, -0.05) is 0 Å². The third-order valence-electron chi connectivity index (χ3n) is 3.03. The summed E-state index contributed by atoms with van der Waals surface area (Å²) in [7, 11) is 3.80. The molecule has 0 saturated carbocycles. The molecule has 0 unspecified atom stereocenters. The molecule has 0 radical (unpaired) electrons. The van der Waals surface area contributed by atoms with Crippen LogP contribution in [0.3, 0.4) is 0 Å². The van der Waals surface area contributed by atoms with Crippen LogP contribution in [0.25, 0.3) is 11.0 Å². The fraction of sp³-hybridized carbons (Fsp3) is 0.417. The third kappa shape index (κ3) is 1.39. The molecule has 1 aromatic carbocycles. The molecule has 1 aromatic heterocycles. The highest BCUT2D eigenvalue weighted by atomic mass is 16.5. The van der Waals surface area contributed by atoms with Crippen LogP contribution in [0, 0.1) is 6.92 Å². The number of benzene rings is 1. The zero-order chi connectivity index (χ0) is 11.0. The summed E-state index contributed by atoms with van der Waals surface area (Å²) in [6.07, 6.45) is 0. The molecule has 3 heteroatoms. The van der Waals surface area contributed by atoms with Crippen LogP contribution in [0.5, 0.6) is 5.75 Å². The number of fused-ring (bicyclic) bond motifs is 1. The monoisotopic (exact) mass is 205 g/mol. The molecule has 3 nitrogen and oxygen atoms in total. The van der Waals surface area contributed by atoms with Crippen molar-refractivity contribution in [1.29, 1.82) is 0 Å². The molecule has 0 saturated heterocycles. The van der Waals surface area contributed by atoms with E-state index in [2.05, 4.69) is 42.2 Å². The Morgan fingerprint density at radius 2 is 2.13 bits per heavy atom. The second-order valence-corrected chi connectivity index (χ2v) is 3.71. The quantitative estimate of drug-likeness (QED) is 0.684. The van der Waals surface area contributed by atoms with Crippen LogP contribution in [0.1, 0.15) is 12.7 Å². The Morgan fingerprint density at radius 1 is 1.40 bits per heavy atom. The van der Waals surface area contributed by atoms with Crippen molar-refractivity contribution in [1.82, 2.24) is 4.57 Å². The van der Waals surface area contributed by atoms with Gasteiger partial charge in [-0.05, 0) is 19.1 Å². The first-order valence-corrected chi connectivity index (χ1v) is 5.22. The maximum absolute atomic E-state index is 5.25. The number of ether oxygens (including phenoxy) is 1. The van der Waals surface area contributed by atoms with Crippen LogP contribution in [0.2, 0.25) is 0 Å². The normalized spacial score (nSPS) is 10.9. The van der Waals surface area contributed by atoms with Crippen LogP contribution < -0.4 is 9.30 Å². The lowest BCUT2D eigenvalue weighted by atomic mass is 10.3. The van der Waals surface area contributed by atoms with E-state index in [9.17, 15) is 0 Å². The molecule has 2 aromatic rings. The van der Waals surface area contributed by atoms with Crippen molar-refractivity contribution in [3.8, 4) is 5.75 Å². The summed E-state index contributed by atoms with van der Waals surface area (Å²) >= 11 is 0. The van der Waals surface area contributed by atoms with E-state index in [0.717, 1.165) is 12.3 Å². The number of hydrogen-bond donors (Lipinski definition) is 0. The highest BCUT2D eigenvalue weighted by Gasteiger charge is 2.17. The molecular weight excluding hydrogens is 188 g/mol. The van der Waals surface area contributed by atoms with Crippen molar-refractivity contribution < 1.29 is 9.30 Å². The molecule has 80 valence electrons.